The van der Waals surface area contributed by atoms with Crippen LogP contribution in [0.4, 0.5) is 0 Å². The Balaban J connectivity index is 2.34. The van der Waals surface area contributed by atoms with Gasteiger partial charge in [-0.3, -0.25) is 4.57 Å². The molecule has 0 atom stereocenters. The second kappa shape index (κ2) is 5.11. The van der Waals surface area contributed by atoms with Crippen LogP contribution in [0.5, 0.6) is 0 Å². The van der Waals surface area contributed by atoms with E-state index in [2.05, 4.69) is 20.2 Å². The van der Waals surface area contributed by atoms with E-state index in [0.29, 0.717) is 21.2 Å². The molecule has 0 saturated carbocycles. The van der Waals surface area contributed by atoms with Gasteiger partial charge in [0.05, 0.1) is 0 Å². The number of hydrogen-bond acceptors (Lipinski definition) is 5. The summed E-state index contributed by atoms with van der Waals surface area (Å²) < 4.78 is 1.41. The van der Waals surface area contributed by atoms with Gasteiger partial charge in [-0.15, -0.1) is 5.10 Å². The Kier molecular flexibility index (Phi) is 3.72. The van der Waals surface area contributed by atoms with E-state index in [0.717, 1.165) is 0 Å². The van der Waals surface area contributed by atoms with Gasteiger partial charge in [-0.2, -0.15) is 0 Å². The van der Waals surface area contributed by atoms with Crippen LogP contribution in [0.2, 0.25) is 5.15 Å². The second-order valence-corrected chi connectivity index (χ2v) is 5.39. The summed E-state index contributed by atoms with van der Waals surface area (Å²) >= 11 is 7.21. The lowest BCUT2D eigenvalue weighted by atomic mass is 10.2. The summed E-state index contributed by atoms with van der Waals surface area (Å²) in [7, 11) is 1.64. The molecule has 6 nitrogen and oxygen atoms in total. The highest BCUT2D eigenvalue weighted by atomic mass is 35.5. The lowest BCUT2D eigenvalue weighted by Crippen LogP contribution is -2.12. The highest BCUT2D eigenvalue weighted by molar-refractivity contribution is 7.99. The Morgan fingerprint density at radius 2 is 2.17 bits per heavy atom. The molecule has 0 aliphatic rings. The van der Waals surface area contributed by atoms with Crippen molar-refractivity contribution in [2.45, 2.75) is 29.9 Å². The van der Waals surface area contributed by atoms with Gasteiger partial charge in [0.15, 0.2) is 5.16 Å². The highest BCUT2D eigenvalue weighted by Crippen LogP contribution is 2.26. The van der Waals surface area contributed by atoms with E-state index < -0.39 is 0 Å². The van der Waals surface area contributed by atoms with Crippen LogP contribution in [0.3, 0.4) is 0 Å². The van der Waals surface area contributed by atoms with Crippen molar-refractivity contribution in [3.63, 3.8) is 0 Å². The summed E-state index contributed by atoms with van der Waals surface area (Å²) in [4.78, 5) is 19.8. The summed E-state index contributed by atoms with van der Waals surface area (Å²) in [5.74, 6) is 0.858. The third-order valence-corrected chi connectivity index (χ3v) is 3.40. The standard InChI is InChI=1S/C10H12ClN5OS/c1-5(2)8-12-6(11)4-7(13-8)18-10-15-14-9(17)16(10)3/h4-5H,1-3H3,(H,14,17). The van der Waals surface area contributed by atoms with Crippen molar-refractivity contribution in [2.24, 2.45) is 7.05 Å². The number of rotatable bonds is 3. The third-order valence-electron chi connectivity index (χ3n) is 2.24. The zero-order chi connectivity index (χ0) is 13.3. The summed E-state index contributed by atoms with van der Waals surface area (Å²) in [6.45, 7) is 3.98. The van der Waals surface area contributed by atoms with Gasteiger partial charge in [0.2, 0.25) is 0 Å². The Morgan fingerprint density at radius 1 is 1.44 bits per heavy atom. The average Bonchev–Trinajstić information content (AvgIpc) is 2.60. The van der Waals surface area contributed by atoms with E-state index in [4.69, 9.17) is 11.6 Å². The first-order valence-electron chi connectivity index (χ1n) is 5.31. The fraction of sp³-hybridized carbons (Fsp3) is 0.400. The predicted octanol–water partition coefficient (Wildman–Crippen LogP) is 1.83. The van der Waals surface area contributed by atoms with Gasteiger partial charge < -0.3 is 0 Å². The first kappa shape index (κ1) is 13.1. The van der Waals surface area contributed by atoms with Gasteiger partial charge in [0.1, 0.15) is 16.0 Å². The maximum atomic E-state index is 11.2. The van der Waals surface area contributed by atoms with Crippen LogP contribution in [-0.4, -0.2) is 24.7 Å². The number of aromatic amines is 1. The monoisotopic (exact) mass is 285 g/mol. The minimum absolute atomic E-state index is 0.186. The molecule has 2 heterocycles. The number of nitrogens with zero attached hydrogens (tertiary/aromatic N) is 4. The van der Waals surface area contributed by atoms with Crippen molar-refractivity contribution in [3.05, 3.63) is 27.5 Å². The molecule has 0 spiro atoms. The van der Waals surface area contributed by atoms with E-state index >= 15 is 0 Å². The molecule has 0 bridgehead atoms. The average molecular weight is 286 g/mol. The first-order valence-corrected chi connectivity index (χ1v) is 6.50. The Hall–Kier alpha value is -1.34. The van der Waals surface area contributed by atoms with Gasteiger partial charge in [-0.1, -0.05) is 25.4 Å². The van der Waals surface area contributed by atoms with Gasteiger partial charge in [0.25, 0.3) is 0 Å². The molecule has 0 amide bonds. The fourth-order valence-electron chi connectivity index (χ4n) is 1.24. The molecule has 96 valence electrons. The molecule has 1 N–H and O–H groups in total. The van der Waals surface area contributed by atoms with Crippen LogP contribution in [0, 0.1) is 0 Å². The largest absolute Gasteiger partial charge is 0.343 e. The molecule has 0 unspecified atom stereocenters. The lowest BCUT2D eigenvalue weighted by Gasteiger charge is -2.06. The molecule has 2 rings (SSSR count). The van der Waals surface area contributed by atoms with Crippen molar-refractivity contribution in [3.8, 4) is 0 Å². The van der Waals surface area contributed by atoms with Crippen molar-refractivity contribution in [1.82, 2.24) is 24.7 Å². The Morgan fingerprint density at radius 3 is 2.72 bits per heavy atom. The maximum Gasteiger partial charge on any atom is 0.343 e. The number of nitrogens with one attached hydrogen (secondary N) is 1. The molecule has 2 aromatic heterocycles. The zero-order valence-corrected chi connectivity index (χ0v) is 11.7. The van der Waals surface area contributed by atoms with E-state index in [9.17, 15) is 4.79 Å². The second-order valence-electron chi connectivity index (χ2n) is 4.01. The van der Waals surface area contributed by atoms with Crippen molar-refractivity contribution in [1.29, 1.82) is 0 Å². The van der Waals surface area contributed by atoms with Gasteiger partial charge in [-0.25, -0.2) is 19.9 Å². The maximum absolute atomic E-state index is 11.2. The number of H-pyrrole nitrogens is 1. The summed E-state index contributed by atoms with van der Waals surface area (Å²) in [6, 6.07) is 1.65. The van der Waals surface area contributed by atoms with Gasteiger partial charge in [0, 0.05) is 19.0 Å². The molecule has 0 radical (unpaired) electrons. The van der Waals surface area contributed by atoms with Crippen molar-refractivity contribution < 1.29 is 0 Å². The quantitative estimate of drug-likeness (QED) is 0.871. The van der Waals surface area contributed by atoms with Crippen LogP contribution >= 0.6 is 23.4 Å². The van der Waals surface area contributed by atoms with Crippen LogP contribution in [0.1, 0.15) is 25.6 Å². The lowest BCUT2D eigenvalue weighted by molar-refractivity contribution is 0.745. The number of halogens is 1. The SMILES string of the molecule is CC(C)c1nc(Cl)cc(Sc2n[nH]c(=O)n2C)n1. The number of aromatic nitrogens is 5. The normalized spacial score (nSPS) is 11.2. The molecular weight excluding hydrogens is 274 g/mol. The smallest absolute Gasteiger partial charge is 0.273 e. The van der Waals surface area contributed by atoms with E-state index in [1.165, 1.54) is 16.3 Å². The molecule has 0 aliphatic carbocycles. The minimum Gasteiger partial charge on any atom is -0.273 e. The summed E-state index contributed by atoms with van der Waals surface area (Å²) in [5, 5.41) is 7.85. The van der Waals surface area contributed by atoms with Gasteiger partial charge >= 0.3 is 5.69 Å². The minimum atomic E-state index is -0.262. The van der Waals surface area contributed by atoms with Crippen LogP contribution in [0.15, 0.2) is 21.0 Å². The van der Waals surface area contributed by atoms with Crippen molar-refractivity contribution >= 4 is 23.4 Å². The first-order chi connectivity index (χ1) is 8.47. The molecule has 2 aromatic rings. The highest BCUT2D eigenvalue weighted by Gasteiger charge is 2.11. The Labute approximate surface area is 113 Å². The molecular formula is C10H12ClN5OS. The topological polar surface area (TPSA) is 76.5 Å². The van der Waals surface area contributed by atoms with Crippen LogP contribution < -0.4 is 5.69 Å². The fourth-order valence-corrected chi connectivity index (χ4v) is 2.30. The Bertz CT molecular complexity index is 621. The van der Waals surface area contributed by atoms with Crippen LogP contribution in [0.25, 0.3) is 0 Å². The van der Waals surface area contributed by atoms with E-state index in [1.807, 2.05) is 13.8 Å². The van der Waals surface area contributed by atoms with E-state index in [1.54, 1.807) is 13.1 Å². The molecule has 0 aliphatic heterocycles. The molecule has 8 heteroatoms. The molecule has 0 fully saturated rings. The third kappa shape index (κ3) is 2.73. The summed E-state index contributed by atoms with van der Waals surface area (Å²) in [6.07, 6.45) is 0. The van der Waals surface area contributed by atoms with Crippen molar-refractivity contribution in [2.75, 3.05) is 0 Å². The predicted molar refractivity (Wildman–Crippen MR) is 69.1 cm³/mol. The van der Waals surface area contributed by atoms with Gasteiger partial charge in [-0.05, 0) is 11.8 Å². The molecule has 0 saturated heterocycles. The molecule has 18 heavy (non-hydrogen) atoms. The van der Waals surface area contributed by atoms with Crippen LogP contribution in [-0.2, 0) is 7.05 Å². The van der Waals surface area contributed by atoms with E-state index in [-0.39, 0.29) is 11.6 Å². The number of hydrogen-bond donors (Lipinski definition) is 1. The molecule has 0 aromatic carbocycles. The zero-order valence-electron chi connectivity index (χ0n) is 10.1. The summed E-state index contributed by atoms with van der Waals surface area (Å²) in [5.41, 5.74) is -0.262.